The highest BCUT2D eigenvalue weighted by Gasteiger charge is 2.17. The molecule has 0 aliphatic carbocycles. The molecule has 0 atom stereocenters. The fourth-order valence-electron chi connectivity index (χ4n) is 4.40. The van der Waals surface area contributed by atoms with E-state index in [1.54, 1.807) is 0 Å². The Balaban J connectivity index is 1.53. The van der Waals surface area contributed by atoms with Gasteiger partial charge in [0.25, 0.3) is 5.82 Å². The average molecular weight is 418 g/mol. The Kier molecular flexibility index (Phi) is 10.4. The van der Waals surface area contributed by atoms with E-state index in [0.717, 1.165) is 25.9 Å². The predicted molar refractivity (Wildman–Crippen MR) is 131 cm³/mol. The standard InChI is InChI=1S/C29H41N2/c1-2-3-4-5-6-7-8-15-22-30-24-25-31(23-16-21-27-17-11-9-12-18-27)29(30)26-28-19-13-10-14-20-28/h9-14,17-20,24-25H,2-8,15-16,21-23,26H2,1H3/q+1. The van der Waals surface area contributed by atoms with Crippen LogP contribution in [0.4, 0.5) is 0 Å². The highest BCUT2D eigenvalue weighted by atomic mass is 15.1. The first-order valence-electron chi connectivity index (χ1n) is 12.5. The van der Waals surface area contributed by atoms with Gasteiger partial charge in [0.15, 0.2) is 0 Å². The molecule has 0 aliphatic heterocycles. The lowest BCUT2D eigenvalue weighted by Gasteiger charge is -2.07. The first-order chi connectivity index (χ1) is 15.4. The van der Waals surface area contributed by atoms with E-state index in [1.165, 1.54) is 74.7 Å². The molecule has 1 heterocycles. The molecule has 31 heavy (non-hydrogen) atoms. The highest BCUT2D eigenvalue weighted by molar-refractivity contribution is 5.18. The minimum Gasteiger partial charge on any atom is -0.234 e. The van der Waals surface area contributed by atoms with Crippen LogP contribution in [-0.2, 0) is 25.9 Å². The van der Waals surface area contributed by atoms with E-state index >= 15 is 0 Å². The Labute approximate surface area is 190 Å². The van der Waals surface area contributed by atoms with Crippen molar-refractivity contribution in [2.45, 2.75) is 90.6 Å². The predicted octanol–water partition coefficient (Wildman–Crippen LogP) is 7.14. The first-order valence-corrected chi connectivity index (χ1v) is 12.5. The summed E-state index contributed by atoms with van der Waals surface area (Å²) in [6.45, 7) is 4.52. The van der Waals surface area contributed by atoms with Crippen molar-refractivity contribution >= 4 is 0 Å². The molecule has 0 radical (unpaired) electrons. The van der Waals surface area contributed by atoms with E-state index < -0.39 is 0 Å². The molecule has 0 saturated heterocycles. The van der Waals surface area contributed by atoms with Crippen molar-refractivity contribution in [2.24, 2.45) is 0 Å². The summed E-state index contributed by atoms with van der Waals surface area (Å²) >= 11 is 0. The number of hydrogen-bond acceptors (Lipinski definition) is 0. The molecule has 3 rings (SSSR count). The van der Waals surface area contributed by atoms with Crippen molar-refractivity contribution in [1.29, 1.82) is 0 Å². The van der Waals surface area contributed by atoms with Gasteiger partial charge in [-0.2, -0.15) is 0 Å². The van der Waals surface area contributed by atoms with Crippen LogP contribution in [0.3, 0.4) is 0 Å². The first kappa shape index (κ1) is 23.3. The van der Waals surface area contributed by atoms with Gasteiger partial charge in [-0.15, -0.1) is 0 Å². The Morgan fingerprint density at radius 3 is 1.97 bits per heavy atom. The number of nitrogens with zero attached hydrogens (tertiary/aromatic N) is 2. The van der Waals surface area contributed by atoms with Crippen LogP contribution in [0, 0.1) is 0 Å². The third-order valence-corrected chi connectivity index (χ3v) is 6.25. The summed E-state index contributed by atoms with van der Waals surface area (Å²) in [4.78, 5) is 0. The molecule has 0 bridgehead atoms. The van der Waals surface area contributed by atoms with Crippen molar-refractivity contribution in [3.05, 3.63) is 90.0 Å². The van der Waals surface area contributed by atoms with Crippen LogP contribution in [0.25, 0.3) is 0 Å². The fraction of sp³-hybridized carbons (Fsp3) is 0.483. The maximum absolute atomic E-state index is 2.51. The minimum absolute atomic E-state index is 1.01. The van der Waals surface area contributed by atoms with Gasteiger partial charge in [-0.1, -0.05) is 106 Å². The molecular weight excluding hydrogens is 376 g/mol. The molecule has 3 aromatic rings. The molecule has 166 valence electrons. The largest absolute Gasteiger partial charge is 0.260 e. The Hall–Kier alpha value is -2.35. The van der Waals surface area contributed by atoms with E-state index in [0.29, 0.717) is 0 Å². The number of aryl methyl sites for hydroxylation is 3. The van der Waals surface area contributed by atoms with Gasteiger partial charge in [0.2, 0.25) is 0 Å². The number of aromatic nitrogens is 2. The molecule has 0 N–H and O–H groups in total. The summed E-state index contributed by atoms with van der Waals surface area (Å²) in [7, 11) is 0. The maximum Gasteiger partial charge on any atom is 0.260 e. The zero-order valence-electron chi connectivity index (χ0n) is 19.5. The van der Waals surface area contributed by atoms with Gasteiger partial charge in [0, 0.05) is 0 Å². The lowest BCUT2D eigenvalue weighted by Crippen LogP contribution is -2.37. The Bertz CT molecular complexity index is 836. The van der Waals surface area contributed by atoms with Gasteiger partial charge >= 0.3 is 0 Å². The summed E-state index contributed by atoms with van der Waals surface area (Å²) in [6, 6.07) is 21.8. The summed E-state index contributed by atoms with van der Waals surface area (Å²) < 4.78 is 4.99. The summed E-state index contributed by atoms with van der Waals surface area (Å²) in [6.07, 6.45) is 18.9. The molecule has 0 spiro atoms. The lowest BCUT2D eigenvalue weighted by molar-refractivity contribution is -0.703. The maximum atomic E-state index is 2.51. The SMILES string of the molecule is CCCCCCCCCCn1cc[n+](CCCc2ccccc2)c1Cc1ccccc1. The van der Waals surface area contributed by atoms with Crippen LogP contribution in [0.15, 0.2) is 73.1 Å². The molecule has 1 aromatic heterocycles. The van der Waals surface area contributed by atoms with Gasteiger partial charge in [0.1, 0.15) is 12.4 Å². The molecule has 0 unspecified atom stereocenters. The molecule has 2 heteroatoms. The van der Waals surface area contributed by atoms with Crippen molar-refractivity contribution < 1.29 is 4.57 Å². The molecule has 0 amide bonds. The zero-order chi connectivity index (χ0) is 21.6. The number of hydrogen-bond donors (Lipinski definition) is 0. The number of unbranched alkanes of at least 4 members (excludes halogenated alkanes) is 7. The minimum atomic E-state index is 1.01. The second kappa shape index (κ2) is 13.9. The molecule has 2 aromatic carbocycles. The van der Waals surface area contributed by atoms with Crippen LogP contribution >= 0.6 is 0 Å². The van der Waals surface area contributed by atoms with Crippen LogP contribution < -0.4 is 4.57 Å². The van der Waals surface area contributed by atoms with Gasteiger partial charge in [-0.3, -0.25) is 0 Å². The normalized spacial score (nSPS) is 11.1. The van der Waals surface area contributed by atoms with Crippen molar-refractivity contribution in [3.63, 3.8) is 0 Å². The van der Waals surface area contributed by atoms with E-state index in [-0.39, 0.29) is 0 Å². The summed E-state index contributed by atoms with van der Waals surface area (Å²) in [5.74, 6) is 1.45. The third kappa shape index (κ3) is 8.36. The topological polar surface area (TPSA) is 8.81 Å². The van der Waals surface area contributed by atoms with Crippen molar-refractivity contribution in [1.82, 2.24) is 4.57 Å². The van der Waals surface area contributed by atoms with Crippen LogP contribution in [0.5, 0.6) is 0 Å². The fourth-order valence-corrected chi connectivity index (χ4v) is 4.40. The second-order valence-electron chi connectivity index (χ2n) is 8.83. The van der Waals surface area contributed by atoms with E-state index in [2.05, 4.69) is 89.1 Å². The van der Waals surface area contributed by atoms with Gasteiger partial charge in [-0.25, -0.2) is 9.13 Å². The highest BCUT2D eigenvalue weighted by Crippen LogP contribution is 2.12. The smallest absolute Gasteiger partial charge is 0.234 e. The number of rotatable bonds is 15. The molecular formula is C29H41N2+. The van der Waals surface area contributed by atoms with Crippen LogP contribution in [0.1, 0.15) is 81.7 Å². The summed E-state index contributed by atoms with van der Waals surface area (Å²) in [5, 5.41) is 0. The number of imidazole rings is 1. The quantitative estimate of drug-likeness (QED) is 0.183. The second-order valence-corrected chi connectivity index (χ2v) is 8.83. The average Bonchev–Trinajstić information content (AvgIpc) is 3.18. The monoisotopic (exact) mass is 417 g/mol. The van der Waals surface area contributed by atoms with E-state index in [9.17, 15) is 0 Å². The molecule has 0 aliphatic rings. The Morgan fingerprint density at radius 1 is 0.677 bits per heavy atom. The van der Waals surface area contributed by atoms with Gasteiger partial charge in [-0.05, 0) is 36.8 Å². The third-order valence-electron chi connectivity index (χ3n) is 6.25. The molecule has 0 fully saturated rings. The van der Waals surface area contributed by atoms with Gasteiger partial charge < -0.3 is 0 Å². The lowest BCUT2D eigenvalue weighted by atomic mass is 10.1. The molecule has 0 saturated carbocycles. The summed E-state index contributed by atoms with van der Waals surface area (Å²) in [5.41, 5.74) is 2.83. The number of benzene rings is 2. The van der Waals surface area contributed by atoms with Crippen molar-refractivity contribution in [3.8, 4) is 0 Å². The Morgan fingerprint density at radius 2 is 1.29 bits per heavy atom. The van der Waals surface area contributed by atoms with Crippen molar-refractivity contribution in [2.75, 3.05) is 0 Å². The van der Waals surface area contributed by atoms with E-state index in [1.807, 2.05) is 0 Å². The van der Waals surface area contributed by atoms with E-state index in [4.69, 9.17) is 0 Å². The van der Waals surface area contributed by atoms with Gasteiger partial charge in [0.05, 0.1) is 19.5 Å². The zero-order valence-corrected chi connectivity index (χ0v) is 19.5. The van der Waals surface area contributed by atoms with Crippen LogP contribution in [0.2, 0.25) is 0 Å². The van der Waals surface area contributed by atoms with Crippen LogP contribution in [-0.4, -0.2) is 4.57 Å². The molecule has 2 nitrogen and oxygen atoms in total.